The molecule has 0 aliphatic carbocycles. The van der Waals surface area contributed by atoms with Crippen molar-refractivity contribution in [3.8, 4) is 0 Å². The van der Waals surface area contributed by atoms with Crippen LogP contribution in [0, 0.1) is 0 Å². The molecule has 0 saturated heterocycles. The van der Waals surface area contributed by atoms with Gasteiger partial charge in [0.25, 0.3) is 5.91 Å². The van der Waals surface area contributed by atoms with E-state index in [-0.39, 0.29) is 11.9 Å². The predicted octanol–water partition coefficient (Wildman–Crippen LogP) is 1.76. The normalized spacial score (nSPS) is 12.3. The molecule has 0 saturated carbocycles. The van der Waals surface area contributed by atoms with Gasteiger partial charge >= 0.3 is 0 Å². The van der Waals surface area contributed by atoms with Crippen LogP contribution in [0.2, 0.25) is 0 Å². The summed E-state index contributed by atoms with van der Waals surface area (Å²) in [6.07, 6.45) is 3.61. The summed E-state index contributed by atoms with van der Waals surface area (Å²) >= 11 is 1.52. The molecule has 2 rings (SSSR count). The zero-order valence-electron chi connectivity index (χ0n) is 8.96. The summed E-state index contributed by atoms with van der Waals surface area (Å²) in [6, 6.07) is 3.75. The summed E-state index contributed by atoms with van der Waals surface area (Å²) < 4.78 is 1.80. The Hall–Kier alpha value is -1.62. The van der Waals surface area contributed by atoms with Crippen molar-refractivity contribution < 1.29 is 4.79 Å². The fourth-order valence-electron chi connectivity index (χ4n) is 1.44. The molecule has 2 aromatic heterocycles. The van der Waals surface area contributed by atoms with Gasteiger partial charge in [-0.15, -0.1) is 0 Å². The van der Waals surface area contributed by atoms with Gasteiger partial charge in [0.05, 0.1) is 6.54 Å². The van der Waals surface area contributed by atoms with Gasteiger partial charge in [0.15, 0.2) is 0 Å². The molecule has 16 heavy (non-hydrogen) atoms. The lowest BCUT2D eigenvalue weighted by atomic mass is 10.2. The Morgan fingerprint density at radius 3 is 3.19 bits per heavy atom. The van der Waals surface area contributed by atoms with Crippen LogP contribution in [0.3, 0.4) is 0 Å². The number of hydrogen-bond donors (Lipinski definition) is 1. The van der Waals surface area contributed by atoms with Crippen LogP contribution in [0.4, 0.5) is 0 Å². The largest absolute Gasteiger partial charge is 0.348 e. The maximum Gasteiger partial charge on any atom is 0.252 e. The third-order valence-corrected chi connectivity index (χ3v) is 2.86. The quantitative estimate of drug-likeness (QED) is 0.877. The van der Waals surface area contributed by atoms with Gasteiger partial charge in [-0.05, 0) is 24.4 Å². The van der Waals surface area contributed by atoms with Gasteiger partial charge in [-0.1, -0.05) is 0 Å². The van der Waals surface area contributed by atoms with Crippen LogP contribution in [-0.2, 0) is 6.54 Å². The van der Waals surface area contributed by atoms with Gasteiger partial charge < -0.3 is 5.32 Å². The number of carbonyl (C=O) groups is 1. The van der Waals surface area contributed by atoms with Crippen molar-refractivity contribution in [3.63, 3.8) is 0 Å². The number of amides is 1. The number of hydrogen-bond acceptors (Lipinski definition) is 3. The van der Waals surface area contributed by atoms with Gasteiger partial charge in [0.2, 0.25) is 0 Å². The molecule has 0 unspecified atom stereocenters. The second kappa shape index (κ2) is 4.94. The molecule has 1 N–H and O–H groups in total. The summed E-state index contributed by atoms with van der Waals surface area (Å²) in [6.45, 7) is 2.65. The number of thiophene rings is 1. The van der Waals surface area contributed by atoms with Crippen molar-refractivity contribution in [2.45, 2.75) is 19.5 Å². The maximum absolute atomic E-state index is 11.7. The number of rotatable bonds is 4. The van der Waals surface area contributed by atoms with Crippen molar-refractivity contribution in [1.29, 1.82) is 0 Å². The number of nitrogens with one attached hydrogen (secondary N) is 1. The second-order valence-electron chi connectivity index (χ2n) is 3.61. The van der Waals surface area contributed by atoms with Crippen LogP contribution in [0.5, 0.6) is 0 Å². The Morgan fingerprint density at radius 1 is 1.69 bits per heavy atom. The molecular weight excluding hydrogens is 222 g/mol. The lowest BCUT2D eigenvalue weighted by Gasteiger charge is -2.13. The number of carbonyl (C=O) groups excluding carboxylic acids is 1. The van der Waals surface area contributed by atoms with E-state index in [0.29, 0.717) is 6.54 Å². The van der Waals surface area contributed by atoms with Crippen molar-refractivity contribution >= 4 is 17.2 Å². The average molecular weight is 235 g/mol. The van der Waals surface area contributed by atoms with E-state index in [1.165, 1.54) is 11.3 Å². The third kappa shape index (κ3) is 2.70. The maximum atomic E-state index is 11.7. The predicted molar refractivity (Wildman–Crippen MR) is 63.5 cm³/mol. The highest BCUT2D eigenvalue weighted by atomic mass is 32.1. The molecule has 0 spiro atoms. The van der Waals surface area contributed by atoms with Crippen LogP contribution in [0.1, 0.15) is 17.3 Å². The van der Waals surface area contributed by atoms with Crippen LogP contribution in [0.15, 0.2) is 35.3 Å². The second-order valence-corrected chi connectivity index (χ2v) is 4.39. The van der Waals surface area contributed by atoms with Gasteiger partial charge in [-0.3, -0.25) is 9.48 Å². The van der Waals surface area contributed by atoms with E-state index in [2.05, 4.69) is 10.4 Å². The standard InChI is InChI=1S/C11H13N3OS/c1-9(7-14-5-2-4-12-14)13-11(15)10-3-6-16-8-10/h2-6,8-9H,7H2,1H3,(H,13,15)/t9-/m1/s1. The molecule has 2 aromatic rings. The summed E-state index contributed by atoms with van der Waals surface area (Å²) in [5, 5.41) is 10.8. The highest BCUT2D eigenvalue weighted by molar-refractivity contribution is 7.08. The highest BCUT2D eigenvalue weighted by Crippen LogP contribution is 2.05. The van der Waals surface area contributed by atoms with E-state index in [0.717, 1.165) is 5.56 Å². The van der Waals surface area contributed by atoms with Crippen molar-refractivity contribution in [3.05, 3.63) is 40.8 Å². The van der Waals surface area contributed by atoms with Crippen LogP contribution in [-0.4, -0.2) is 21.7 Å². The summed E-state index contributed by atoms with van der Waals surface area (Å²) in [5.74, 6) is -0.0269. The lowest BCUT2D eigenvalue weighted by Crippen LogP contribution is -2.35. The first-order chi connectivity index (χ1) is 7.75. The summed E-state index contributed by atoms with van der Waals surface area (Å²) in [4.78, 5) is 11.7. The molecule has 5 heteroatoms. The molecule has 1 amide bonds. The highest BCUT2D eigenvalue weighted by Gasteiger charge is 2.10. The van der Waals surface area contributed by atoms with Gasteiger partial charge in [0, 0.05) is 29.4 Å². The molecule has 0 aliphatic rings. The first-order valence-corrected chi connectivity index (χ1v) is 6.00. The third-order valence-electron chi connectivity index (χ3n) is 2.18. The first-order valence-electron chi connectivity index (χ1n) is 5.06. The molecule has 1 atom stereocenters. The topological polar surface area (TPSA) is 46.9 Å². The Kier molecular flexibility index (Phi) is 3.36. The Bertz CT molecular complexity index is 436. The molecule has 84 valence electrons. The van der Waals surface area contributed by atoms with Crippen molar-refractivity contribution in [2.75, 3.05) is 0 Å². The van der Waals surface area contributed by atoms with E-state index in [9.17, 15) is 4.79 Å². The van der Waals surface area contributed by atoms with Gasteiger partial charge in [0.1, 0.15) is 0 Å². The summed E-state index contributed by atoms with van der Waals surface area (Å²) in [7, 11) is 0. The summed E-state index contributed by atoms with van der Waals surface area (Å²) in [5.41, 5.74) is 0.720. The average Bonchev–Trinajstić information content (AvgIpc) is 2.88. The SMILES string of the molecule is C[C@H](Cn1cccn1)NC(=O)c1ccsc1. The minimum absolute atomic E-state index is 0.0269. The van der Waals surface area contributed by atoms with Crippen LogP contribution in [0.25, 0.3) is 0 Å². The zero-order chi connectivity index (χ0) is 11.4. The van der Waals surface area contributed by atoms with Gasteiger partial charge in [-0.2, -0.15) is 16.4 Å². The molecule has 2 heterocycles. The lowest BCUT2D eigenvalue weighted by molar-refractivity contribution is 0.0936. The van der Waals surface area contributed by atoms with Crippen molar-refractivity contribution in [2.24, 2.45) is 0 Å². The van der Waals surface area contributed by atoms with Crippen molar-refractivity contribution in [1.82, 2.24) is 15.1 Å². The van der Waals surface area contributed by atoms with Crippen LogP contribution >= 0.6 is 11.3 Å². The molecule has 0 bridgehead atoms. The molecular formula is C11H13N3OS. The molecule has 0 aromatic carbocycles. The zero-order valence-corrected chi connectivity index (χ0v) is 9.78. The fourth-order valence-corrected chi connectivity index (χ4v) is 2.07. The minimum Gasteiger partial charge on any atom is -0.348 e. The smallest absolute Gasteiger partial charge is 0.252 e. The monoisotopic (exact) mass is 235 g/mol. The Labute approximate surface area is 97.9 Å². The molecule has 0 radical (unpaired) electrons. The van der Waals surface area contributed by atoms with E-state index in [1.807, 2.05) is 36.0 Å². The van der Waals surface area contributed by atoms with E-state index in [4.69, 9.17) is 0 Å². The van der Waals surface area contributed by atoms with E-state index in [1.54, 1.807) is 10.9 Å². The molecule has 0 fully saturated rings. The van der Waals surface area contributed by atoms with Crippen LogP contribution < -0.4 is 5.32 Å². The van der Waals surface area contributed by atoms with E-state index >= 15 is 0 Å². The molecule has 0 aliphatic heterocycles. The fraction of sp³-hybridized carbons (Fsp3) is 0.273. The van der Waals surface area contributed by atoms with E-state index < -0.39 is 0 Å². The molecule has 4 nitrogen and oxygen atoms in total. The van der Waals surface area contributed by atoms with Gasteiger partial charge in [-0.25, -0.2) is 0 Å². The number of aromatic nitrogens is 2. The Morgan fingerprint density at radius 2 is 2.56 bits per heavy atom. The number of nitrogens with zero attached hydrogens (tertiary/aromatic N) is 2. The Balaban J connectivity index is 1.88. The minimum atomic E-state index is -0.0269. The first kappa shape index (κ1) is 10.9.